The van der Waals surface area contributed by atoms with E-state index in [1.165, 1.54) is 0 Å². The summed E-state index contributed by atoms with van der Waals surface area (Å²) in [5, 5.41) is 6.26. The van der Waals surface area contributed by atoms with Gasteiger partial charge in [-0.05, 0) is 45.0 Å². The summed E-state index contributed by atoms with van der Waals surface area (Å²) in [6.45, 7) is 5.69. The van der Waals surface area contributed by atoms with Gasteiger partial charge in [0.1, 0.15) is 5.75 Å². The van der Waals surface area contributed by atoms with Crippen molar-refractivity contribution in [3.8, 4) is 5.75 Å². The maximum atomic E-state index is 12.3. The van der Waals surface area contributed by atoms with Crippen LogP contribution in [0.3, 0.4) is 0 Å². The molecule has 20 heavy (non-hydrogen) atoms. The first-order chi connectivity index (χ1) is 9.06. The molecule has 1 unspecified atom stereocenters. The van der Waals surface area contributed by atoms with Crippen molar-refractivity contribution in [2.75, 3.05) is 13.1 Å². The van der Waals surface area contributed by atoms with Gasteiger partial charge in [-0.1, -0.05) is 15.9 Å². The molecule has 2 rings (SSSR count). The van der Waals surface area contributed by atoms with Gasteiger partial charge in [0, 0.05) is 17.1 Å². The summed E-state index contributed by atoms with van der Waals surface area (Å²) in [5.74, 6) is 0.546. The summed E-state index contributed by atoms with van der Waals surface area (Å²) in [7, 11) is 0. The molecule has 0 spiro atoms. The van der Waals surface area contributed by atoms with Gasteiger partial charge in [0.05, 0.1) is 11.7 Å². The zero-order valence-corrected chi connectivity index (χ0v) is 14.0. The van der Waals surface area contributed by atoms with Crippen molar-refractivity contribution >= 4 is 34.2 Å². The Kier molecular flexibility index (Phi) is 6.79. The number of ether oxygens (including phenoxy) is 1. The largest absolute Gasteiger partial charge is 0.490 e. The van der Waals surface area contributed by atoms with Gasteiger partial charge in [0.2, 0.25) is 0 Å². The molecule has 0 bridgehead atoms. The molecule has 1 heterocycles. The normalized spacial score (nSPS) is 17.7. The van der Waals surface area contributed by atoms with Gasteiger partial charge in [-0.25, -0.2) is 0 Å². The van der Waals surface area contributed by atoms with Gasteiger partial charge in [0.15, 0.2) is 0 Å². The molecule has 1 aromatic rings. The summed E-state index contributed by atoms with van der Waals surface area (Å²) in [6, 6.07) is 5.69. The number of hydrogen-bond donors (Lipinski definition) is 2. The van der Waals surface area contributed by atoms with Crippen LogP contribution in [0.5, 0.6) is 5.75 Å². The topological polar surface area (TPSA) is 50.4 Å². The number of hydrogen-bond acceptors (Lipinski definition) is 3. The summed E-state index contributed by atoms with van der Waals surface area (Å²) in [5.41, 5.74) is 0.587. The number of carbonyl (C=O) groups is 1. The molecule has 1 amide bonds. The number of amides is 1. The van der Waals surface area contributed by atoms with Crippen LogP contribution in [0.2, 0.25) is 0 Å². The highest BCUT2D eigenvalue weighted by atomic mass is 79.9. The van der Waals surface area contributed by atoms with Gasteiger partial charge in [-0.2, -0.15) is 0 Å². The number of rotatable bonds is 4. The smallest absolute Gasteiger partial charge is 0.255 e. The molecule has 1 aromatic carbocycles. The first-order valence-electron chi connectivity index (χ1n) is 6.54. The van der Waals surface area contributed by atoms with Gasteiger partial charge >= 0.3 is 0 Å². The maximum Gasteiger partial charge on any atom is 0.255 e. The van der Waals surface area contributed by atoms with E-state index in [1.807, 2.05) is 26.0 Å². The standard InChI is InChI=1S/C14H19BrN2O2.ClH/c1-9(2)19-13-7-10(15)3-4-12(13)14(18)17-11-5-6-16-8-11;/h3-4,7,9,11,16H,5-6,8H2,1-2H3,(H,17,18);1H. The molecule has 0 aliphatic carbocycles. The summed E-state index contributed by atoms with van der Waals surface area (Å²) < 4.78 is 6.61. The summed E-state index contributed by atoms with van der Waals surface area (Å²) in [4.78, 5) is 12.3. The van der Waals surface area contributed by atoms with Crippen molar-refractivity contribution in [1.82, 2.24) is 10.6 Å². The summed E-state index contributed by atoms with van der Waals surface area (Å²) in [6.07, 6.45) is 1.01. The van der Waals surface area contributed by atoms with Crippen molar-refractivity contribution in [2.45, 2.75) is 32.4 Å². The summed E-state index contributed by atoms with van der Waals surface area (Å²) >= 11 is 3.40. The van der Waals surface area contributed by atoms with Crippen LogP contribution in [-0.2, 0) is 0 Å². The molecular weight excluding hydrogens is 344 g/mol. The van der Waals surface area contributed by atoms with E-state index in [0.29, 0.717) is 11.3 Å². The van der Waals surface area contributed by atoms with Crippen LogP contribution in [-0.4, -0.2) is 31.1 Å². The SMILES string of the molecule is CC(C)Oc1cc(Br)ccc1C(=O)NC1CCNC1.Cl. The molecule has 0 saturated carbocycles. The van der Waals surface area contributed by atoms with E-state index in [9.17, 15) is 4.79 Å². The molecule has 112 valence electrons. The van der Waals surface area contributed by atoms with Crippen LogP contribution in [0, 0.1) is 0 Å². The second-order valence-corrected chi connectivity index (χ2v) is 5.89. The van der Waals surface area contributed by atoms with E-state index < -0.39 is 0 Å². The highest BCUT2D eigenvalue weighted by Crippen LogP contribution is 2.25. The average Bonchev–Trinajstić information content (AvgIpc) is 2.80. The molecule has 1 aliphatic heterocycles. The second kappa shape index (κ2) is 7.86. The number of carbonyl (C=O) groups excluding carboxylic acids is 1. The van der Waals surface area contributed by atoms with Crippen LogP contribution in [0.4, 0.5) is 0 Å². The van der Waals surface area contributed by atoms with E-state index in [2.05, 4.69) is 26.6 Å². The minimum absolute atomic E-state index is 0. The fraction of sp³-hybridized carbons (Fsp3) is 0.500. The van der Waals surface area contributed by atoms with Crippen LogP contribution in [0.15, 0.2) is 22.7 Å². The average molecular weight is 364 g/mol. The molecular formula is C14H20BrClN2O2. The van der Waals surface area contributed by atoms with Crippen molar-refractivity contribution in [3.63, 3.8) is 0 Å². The fourth-order valence-electron chi connectivity index (χ4n) is 2.08. The third-order valence-electron chi connectivity index (χ3n) is 2.95. The quantitative estimate of drug-likeness (QED) is 0.865. The van der Waals surface area contributed by atoms with E-state index in [4.69, 9.17) is 4.74 Å². The van der Waals surface area contributed by atoms with Crippen molar-refractivity contribution in [2.24, 2.45) is 0 Å². The Bertz CT molecular complexity index is 462. The molecule has 1 atom stereocenters. The van der Waals surface area contributed by atoms with Crippen molar-refractivity contribution < 1.29 is 9.53 Å². The lowest BCUT2D eigenvalue weighted by Gasteiger charge is -2.16. The molecule has 1 aliphatic rings. The van der Waals surface area contributed by atoms with Gasteiger partial charge in [0.25, 0.3) is 5.91 Å². The Morgan fingerprint density at radius 1 is 1.50 bits per heavy atom. The third kappa shape index (κ3) is 4.65. The van der Waals surface area contributed by atoms with Crippen molar-refractivity contribution in [1.29, 1.82) is 0 Å². The van der Waals surface area contributed by atoms with Gasteiger partial charge < -0.3 is 15.4 Å². The second-order valence-electron chi connectivity index (χ2n) is 4.97. The van der Waals surface area contributed by atoms with E-state index in [0.717, 1.165) is 24.0 Å². The molecule has 1 fully saturated rings. The maximum absolute atomic E-state index is 12.3. The van der Waals surface area contributed by atoms with E-state index in [1.54, 1.807) is 6.07 Å². The number of halogens is 2. The lowest BCUT2D eigenvalue weighted by atomic mass is 10.1. The Hall–Kier alpha value is -0.780. The molecule has 4 nitrogen and oxygen atoms in total. The van der Waals surface area contributed by atoms with Crippen LogP contribution < -0.4 is 15.4 Å². The van der Waals surface area contributed by atoms with Crippen LogP contribution in [0.1, 0.15) is 30.6 Å². The zero-order valence-electron chi connectivity index (χ0n) is 11.6. The van der Waals surface area contributed by atoms with E-state index in [-0.39, 0.29) is 30.5 Å². The molecule has 1 saturated heterocycles. The zero-order chi connectivity index (χ0) is 13.8. The third-order valence-corrected chi connectivity index (χ3v) is 3.44. The Morgan fingerprint density at radius 3 is 2.85 bits per heavy atom. The van der Waals surface area contributed by atoms with Crippen molar-refractivity contribution in [3.05, 3.63) is 28.2 Å². The molecule has 6 heteroatoms. The first-order valence-corrected chi connectivity index (χ1v) is 7.33. The highest BCUT2D eigenvalue weighted by molar-refractivity contribution is 9.10. The van der Waals surface area contributed by atoms with Gasteiger partial charge in [-0.3, -0.25) is 4.79 Å². The van der Waals surface area contributed by atoms with E-state index >= 15 is 0 Å². The Morgan fingerprint density at radius 2 is 2.25 bits per heavy atom. The molecule has 0 radical (unpaired) electrons. The van der Waals surface area contributed by atoms with Gasteiger partial charge in [-0.15, -0.1) is 12.4 Å². The lowest BCUT2D eigenvalue weighted by molar-refractivity contribution is 0.0934. The number of nitrogens with one attached hydrogen (secondary N) is 2. The van der Waals surface area contributed by atoms with Crippen LogP contribution in [0.25, 0.3) is 0 Å². The number of benzene rings is 1. The minimum Gasteiger partial charge on any atom is -0.490 e. The Balaban J connectivity index is 0.00000200. The lowest BCUT2D eigenvalue weighted by Crippen LogP contribution is -2.36. The molecule has 2 N–H and O–H groups in total. The predicted octanol–water partition coefficient (Wildman–Crippen LogP) is 2.75. The first kappa shape index (κ1) is 17.3. The van der Waals surface area contributed by atoms with Crippen LogP contribution >= 0.6 is 28.3 Å². The fourth-order valence-corrected chi connectivity index (χ4v) is 2.42. The highest BCUT2D eigenvalue weighted by Gasteiger charge is 2.20. The monoisotopic (exact) mass is 362 g/mol. The minimum atomic E-state index is -0.0724. The predicted molar refractivity (Wildman–Crippen MR) is 85.9 cm³/mol. The molecule has 0 aromatic heterocycles. The Labute approximate surface area is 134 Å².